The Morgan fingerprint density at radius 2 is 1.86 bits per heavy atom. The Morgan fingerprint density at radius 3 is 2.48 bits per heavy atom. The molecule has 3 rings (SSSR count). The van der Waals surface area contributed by atoms with E-state index in [1.54, 1.807) is 19.2 Å². The third kappa shape index (κ3) is 5.03. The van der Waals surface area contributed by atoms with Crippen molar-refractivity contribution >= 4 is 54.7 Å². The van der Waals surface area contributed by atoms with Crippen molar-refractivity contribution in [3.63, 3.8) is 0 Å². The van der Waals surface area contributed by atoms with Crippen LogP contribution in [0.3, 0.4) is 0 Å². The van der Waals surface area contributed by atoms with Gasteiger partial charge in [0.15, 0.2) is 9.84 Å². The van der Waals surface area contributed by atoms with Gasteiger partial charge in [0, 0.05) is 24.3 Å². The van der Waals surface area contributed by atoms with Gasteiger partial charge in [-0.1, -0.05) is 29.3 Å². The Kier molecular flexibility index (Phi) is 6.14. The van der Waals surface area contributed by atoms with E-state index in [9.17, 15) is 21.6 Å². The number of nitrogens with one attached hydrogen (secondary N) is 1. The maximum Gasteiger partial charge on any atom is 0.261 e. The van der Waals surface area contributed by atoms with Gasteiger partial charge in [-0.05, 0) is 42.8 Å². The van der Waals surface area contributed by atoms with Gasteiger partial charge in [0.25, 0.3) is 15.9 Å². The molecular formula is C18H18Cl2N2O5S2. The number of anilines is 1. The van der Waals surface area contributed by atoms with Gasteiger partial charge in [-0.3, -0.25) is 9.52 Å². The SMILES string of the molecule is CN(C(=O)c1cccc(NS(=O)(=O)c2ccc(Cl)c(Cl)c2)c1)[C@H]1CCS(=O)(=O)C1. The maximum atomic E-state index is 12.7. The molecule has 2 aromatic rings. The van der Waals surface area contributed by atoms with Crippen LogP contribution in [-0.4, -0.2) is 52.2 Å². The summed E-state index contributed by atoms with van der Waals surface area (Å²) in [6, 6.07) is 9.52. The van der Waals surface area contributed by atoms with Gasteiger partial charge >= 0.3 is 0 Å². The number of hydrogen-bond acceptors (Lipinski definition) is 5. The molecule has 0 radical (unpaired) electrons. The Balaban J connectivity index is 1.80. The topological polar surface area (TPSA) is 101 Å². The van der Waals surface area contributed by atoms with E-state index in [4.69, 9.17) is 23.2 Å². The number of benzene rings is 2. The van der Waals surface area contributed by atoms with E-state index in [1.165, 1.54) is 35.2 Å². The predicted molar refractivity (Wildman–Crippen MR) is 113 cm³/mol. The molecular weight excluding hydrogens is 459 g/mol. The van der Waals surface area contributed by atoms with Crippen LogP contribution >= 0.6 is 23.2 Å². The van der Waals surface area contributed by atoms with Gasteiger partial charge in [0.2, 0.25) is 0 Å². The predicted octanol–water partition coefficient (Wildman–Crippen LogP) is 3.05. The van der Waals surface area contributed by atoms with E-state index in [2.05, 4.69) is 4.72 Å². The summed E-state index contributed by atoms with van der Waals surface area (Å²) < 4.78 is 50.9. The molecule has 0 bridgehead atoms. The molecule has 0 unspecified atom stereocenters. The molecule has 1 fully saturated rings. The Hall–Kier alpha value is -1.81. The molecule has 29 heavy (non-hydrogen) atoms. The van der Waals surface area contributed by atoms with Crippen LogP contribution in [0.15, 0.2) is 47.4 Å². The number of sulfone groups is 1. The minimum atomic E-state index is -3.94. The molecule has 1 aliphatic heterocycles. The first-order valence-electron chi connectivity index (χ1n) is 8.54. The molecule has 0 saturated carbocycles. The first-order valence-corrected chi connectivity index (χ1v) is 12.6. The molecule has 2 aromatic carbocycles. The molecule has 1 saturated heterocycles. The van der Waals surface area contributed by atoms with Gasteiger partial charge in [0.05, 0.1) is 26.4 Å². The number of carbonyl (C=O) groups is 1. The lowest BCUT2D eigenvalue weighted by Gasteiger charge is -2.23. The zero-order chi connectivity index (χ0) is 21.4. The van der Waals surface area contributed by atoms with Crippen molar-refractivity contribution in [2.45, 2.75) is 17.4 Å². The van der Waals surface area contributed by atoms with Crippen molar-refractivity contribution in [1.29, 1.82) is 0 Å². The van der Waals surface area contributed by atoms with Gasteiger partial charge in [-0.25, -0.2) is 16.8 Å². The van der Waals surface area contributed by atoms with E-state index in [0.29, 0.717) is 6.42 Å². The highest BCUT2D eigenvalue weighted by Gasteiger charge is 2.33. The molecule has 0 aromatic heterocycles. The summed E-state index contributed by atoms with van der Waals surface area (Å²) in [5.41, 5.74) is 0.431. The molecule has 1 amide bonds. The Morgan fingerprint density at radius 1 is 1.14 bits per heavy atom. The number of rotatable bonds is 5. The molecule has 1 atom stereocenters. The van der Waals surface area contributed by atoms with Crippen LogP contribution in [0, 0.1) is 0 Å². The van der Waals surface area contributed by atoms with Crippen LogP contribution in [0.25, 0.3) is 0 Å². The van der Waals surface area contributed by atoms with Crippen molar-refractivity contribution < 1.29 is 21.6 Å². The molecule has 7 nitrogen and oxygen atoms in total. The van der Waals surface area contributed by atoms with Crippen molar-refractivity contribution in [3.8, 4) is 0 Å². The third-order valence-electron chi connectivity index (χ3n) is 4.64. The highest BCUT2D eigenvalue weighted by atomic mass is 35.5. The van der Waals surface area contributed by atoms with E-state index >= 15 is 0 Å². The van der Waals surface area contributed by atoms with Gasteiger partial charge in [-0.15, -0.1) is 0 Å². The molecule has 11 heteroatoms. The normalized spacial score (nSPS) is 18.4. The minimum Gasteiger partial charge on any atom is -0.338 e. The monoisotopic (exact) mass is 476 g/mol. The van der Waals surface area contributed by atoms with Gasteiger partial charge < -0.3 is 4.90 Å². The van der Waals surface area contributed by atoms with Crippen molar-refractivity contribution in [1.82, 2.24) is 4.90 Å². The molecule has 1 heterocycles. The van der Waals surface area contributed by atoms with Gasteiger partial charge in [-0.2, -0.15) is 0 Å². The largest absolute Gasteiger partial charge is 0.338 e. The zero-order valence-electron chi connectivity index (χ0n) is 15.3. The van der Waals surface area contributed by atoms with Crippen molar-refractivity contribution in [2.75, 3.05) is 23.3 Å². The number of amides is 1. The summed E-state index contributed by atoms with van der Waals surface area (Å²) in [6.07, 6.45) is 0.383. The standard InChI is InChI=1S/C18H18Cl2N2O5S2/c1-22(14-7-8-28(24,25)11-14)18(23)12-3-2-4-13(9-12)21-29(26,27)15-5-6-16(19)17(20)10-15/h2-6,9-10,14,21H,7-8,11H2,1H3/t14-/m0/s1. The summed E-state index contributed by atoms with van der Waals surface area (Å²) in [6.45, 7) is 0. The first-order chi connectivity index (χ1) is 13.5. The number of carbonyl (C=O) groups excluding carboxylic acids is 1. The second kappa shape index (κ2) is 8.14. The first kappa shape index (κ1) is 21.9. The Bertz CT molecular complexity index is 1170. The zero-order valence-corrected chi connectivity index (χ0v) is 18.4. The molecule has 1 N–H and O–H groups in total. The number of nitrogens with zero attached hydrogens (tertiary/aromatic N) is 1. The molecule has 0 aliphatic carbocycles. The van der Waals surface area contributed by atoms with E-state index < -0.39 is 25.9 Å². The third-order valence-corrected chi connectivity index (χ3v) is 8.51. The van der Waals surface area contributed by atoms with Crippen molar-refractivity contribution in [2.24, 2.45) is 0 Å². The smallest absolute Gasteiger partial charge is 0.261 e. The van der Waals surface area contributed by atoms with Crippen LogP contribution < -0.4 is 4.72 Å². The lowest BCUT2D eigenvalue weighted by molar-refractivity contribution is 0.0747. The van der Waals surface area contributed by atoms with E-state index in [1.807, 2.05) is 0 Å². The average Bonchev–Trinajstić information content (AvgIpc) is 3.02. The number of halogens is 2. The summed E-state index contributed by atoms with van der Waals surface area (Å²) in [5, 5.41) is 0.335. The number of sulfonamides is 1. The van der Waals surface area contributed by atoms with E-state index in [-0.39, 0.29) is 43.6 Å². The lowest BCUT2D eigenvalue weighted by Crippen LogP contribution is -2.37. The fraction of sp³-hybridized carbons (Fsp3) is 0.278. The van der Waals surface area contributed by atoms with Crippen molar-refractivity contribution in [3.05, 3.63) is 58.1 Å². The van der Waals surface area contributed by atoms with E-state index in [0.717, 1.165) is 0 Å². The molecule has 1 aliphatic rings. The molecule has 156 valence electrons. The highest BCUT2D eigenvalue weighted by Crippen LogP contribution is 2.26. The second-order valence-corrected chi connectivity index (χ2v) is 11.5. The highest BCUT2D eigenvalue weighted by molar-refractivity contribution is 7.92. The fourth-order valence-electron chi connectivity index (χ4n) is 3.02. The van der Waals surface area contributed by atoms with Crippen LogP contribution in [-0.2, 0) is 19.9 Å². The average molecular weight is 477 g/mol. The summed E-state index contributed by atoms with van der Waals surface area (Å²) in [4.78, 5) is 14.0. The fourth-order valence-corrected chi connectivity index (χ4v) is 6.24. The van der Waals surface area contributed by atoms with Crippen LogP contribution in [0.1, 0.15) is 16.8 Å². The Labute approximate surface area is 179 Å². The van der Waals surface area contributed by atoms with Gasteiger partial charge in [0.1, 0.15) is 0 Å². The summed E-state index contributed by atoms with van der Waals surface area (Å²) in [5.74, 6) is -0.403. The lowest BCUT2D eigenvalue weighted by atomic mass is 10.1. The van der Waals surface area contributed by atoms with Crippen LogP contribution in [0.2, 0.25) is 10.0 Å². The maximum absolute atomic E-state index is 12.7. The van der Waals surface area contributed by atoms with Crippen LogP contribution in [0.4, 0.5) is 5.69 Å². The summed E-state index contributed by atoms with van der Waals surface area (Å²) in [7, 11) is -5.53. The summed E-state index contributed by atoms with van der Waals surface area (Å²) >= 11 is 11.7. The van der Waals surface area contributed by atoms with Crippen LogP contribution in [0.5, 0.6) is 0 Å². The molecule has 0 spiro atoms. The minimum absolute atomic E-state index is 0.0543. The number of hydrogen-bond donors (Lipinski definition) is 1. The quantitative estimate of drug-likeness (QED) is 0.714. The second-order valence-electron chi connectivity index (χ2n) is 6.74.